The highest BCUT2D eigenvalue weighted by Gasteiger charge is 2.35. The van der Waals surface area contributed by atoms with Crippen molar-refractivity contribution in [2.75, 3.05) is 31.8 Å². The van der Waals surface area contributed by atoms with Gasteiger partial charge in [-0.2, -0.15) is 26.3 Å². The van der Waals surface area contributed by atoms with E-state index in [0.29, 0.717) is 34.6 Å². The molecule has 0 saturated heterocycles. The highest BCUT2D eigenvalue weighted by molar-refractivity contribution is 7.89. The average Bonchev–Trinajstić information content (AvgIpc) is 3.42. The maximum atomic E-state index is 13.9. The predicted octanol–water partition coefficient (Wildman–Crippen LogP) is 8.51. The fourth-order valence-electron chi connectivity index (χ4n) is 4.86. The van der Waals surface area contributed by atoms with Crippen molar-refractivity contribution in [1.29, 1.82) is 0 Å². The summed E-state index contributed by atoms with van der Waals surface area (Å²) < 4.78 is 126. The van der Waals surface area contributed by atoms with Crippen molar-refractivity contribution >= 4 is 54.6 Å². The molecule has 0 saturated carbocycles. The lowest BCUT2D eigenvalue weighted by atomic mass is 10.0. The van der Waals surface area contributed by atoms with Gasteiger partial charge in [-0.1, -0.05) is 24.3 Å². The SMILES string of the molecule is COc1ccc(-c2cccc(S(=O)(=O)N(C)C)c2)cc1C(=O)Nc1c(C(=O)Nc2ccc(F)c(C(F)(F)F)c2)sc2cc(C(F)(F)F)ccc12. The first kappa shape index (κ1) is 36.3. The number of alkyl halides is 6. The average molecular weight is 740 g/mol. The Balaban J connectivity index is 1.57. The molecule has 8 nitrogen and oxygen atoms in total. The highest BCUT2D eigenvalue weighted by atomic mass is 32.2. The first-order valence-electron chi connectivity index (χ1n) is 14.2. The van der Waals surface area contributed by atoms with Crippen molar-refractivity contribution in [3.05, 3.63) is 106 Å². The summed E-state index contributed by atoms with van der Waals surface area (Å²) in [5.74, 6) is -3.54. The number of nitrogens with zero attached hydrogens (tertiary/aromatic N) is 1. The molecule has 5 rings (SSSR count). The normalized spacial score (nSPS) is 12.3. The zero-order chi connectivity index (χ0) is 36.8. The molecule has 0 aliphatic heterocycles. The number of anilines is 2. The number of benzene rings is 4. The van der Waals surface area contributed by atoms with Gasteiger partial charge < -0.3 is 15.4 Å². The zero-order valence-corrected chi connectivity index (χ0v) is 27.6. The van der Waals surface area contributed by atoms with Crippen LogP contribution in [0.5, 0.6) is 5.75 Å². The van der Waals surface area contributed by atoms with Gasteiger partial charge in [-0.3, -0.25) is 9.59 Å². The number of amides is 2. The molecule has 1 aromatic heterocycles. The zero-order valence-electron chi connectivity index (χ0n) is 26.0. The topological polar surface area (TPSA) is 105 Å². The second-order valence-corrected chi connectivity index (χ2v) is 14.0. The molecule has 262 valence electrons. The van der Waals surface area contributed by atoms with Crippen molar-refractivity contribution in [2.24, 2.45) is 0 Å². The van der Waals surface area contributed by atoms with E-state index in [0.717, 1.165) is 28.6 Å². The summed E-state index contributed by atoms with van der Waals surface area (Å²) in [6.45, 7) is 0. The van der Waals surface area contributed by atoms with Crippen LogP contribution in [-0.4, -0.2) is 45.7 Å². The fraction of sp³-hybridized carbons (Fsp3) is 0.152. The Morgan fingerprint density at radius 1 is 0.800 bits per heavy atom. The molecule has 0 fully saturated rings. The van der Waals surface area contributed by atoms with Gasteiger partial charge in [-0.05, 0) is 65.7 Å². The maximum Gasteiger partial charge on any atom is 0.419 e. The van der Waals surface area contributed by atoms with E-state index in [-0.39, 0.29) is 36.9 Å². The number of hydrogen-bond acceptors (Lipinski definition) is 6. The van der Waals surface area contributed by atoms with Crippen molar-refractivity contribution in [3.8, 4) is 16.9 Å². The van der Waals surface area contributed by atoms with Gasteiger partial charge in [0.25, 0.3) is 11.8 Å². The Morgan fingerprint density at radius 2 is 1.50 bits per heavy atom. The van der Waals surface area contributed by atoms with Crippen molar-refractivity contribution in [3.63, 3.8) is 0 Å². The second-order valence-electron chi connectivity index (χ2n) is 10.8. The Labute approximate surface area is 284 Å². The maximum absolute atomic E-state index is 13.9. The van der Waals surface area contributed by atoms with E-state index in [9.17, 15) is 48.7 Å². The Bertz CT molecular complexity index is 2250. The molecule has 2 amide bonds. The van der Waals surface area contributed by atoms with Crippen LogP contribution < -0.4 is 15.4 Å². The molecule has 0 radical (unpaired) electrons. The molecular formula is C33H24F7N3O5S2. The van der Waals surface area contributed by atoms with Crippen LogP contribution in [0, 0.1) is 5.82 Å². The van der Waals surface area contributed by atoms with E-state index < -0.39 is 56.8 Å². The summed E-state index contributed by atoms with van der Waals surface area (Å²) in [6, 6.07) is 14.5. The lowest BCUT2D eigenvalue weighted by Crippen LogP contribution is -2.22. The molecule has 0 unspecified atom stereocenters. The minimum atomic E-state index is -5.09. The second kappa shape index (κ2) is 13.4. The van der Waals surface area contributed by atoms with E-state index in [1.807, 2.05) is 0 Å². The molecule has 0 atom stereocenters. The van der Waals surface area contributed by atoms with Gasteiger partial charge in [0.15, 0.2) is 0 Å². The lowest BCUT2D eigenvalue weighted by molar-refractivity contribution is -0.140. The molecule has 5 aromatic rings. The van der Waals surface area contributed by atoms with E-state index in [1.54, 1.807) is 12.1 Å². The number of carbonyl (C=O) groups is 2. The van der Waals surface area contributed by atoms with Crippen LogP contribution in [0.4, 0.5) is 42.1 Å². The molecule has 2 N–H and O–H groups in total. The summed E-state index contributed by atoms with van der Waals surface area (Å²) in [6.07, 6.45) is -9.85. The third kappa shape index (κ3) is 7.29. The van der Waals surface area contributed by atoms with Gasteiger partial charge in [0.1, 0.15) is 16.4 Å². The Hall–Kier alpha value is -5.00. The quantitative estimate of drug-likeness (QED) is 0.155. The number of methoxy groups -OCH3 is 1. The predicted molar refractivity (Wildman–Crippen MR) is 173 cm³/mol. The van der Waals surface area contributed by atoms with Crippen LogP contribution in [-0.2, 0) is 22.4 Å². The number of thiophene rings is 1. The number of ether oxygens (including phenoxy) is 1. The third-order valence-corrected chi connectivity index (χ3v) is 10.3. The van der Waals surface area contributed by atoms with Crippen molar-refractivity contribution in [2.45, 2.75) is 17.2 Å². The molecule has 50 heavy (non-hydrogen) atoms. The number of fused-ring (bicyclic) bond motifs is 1. The minimum absolute atomic E-state index is 0.00769. The van der Waals surface area contributed by atoms with Crippen LogP contribution in [0.2, 0.25) is 0 Å². The summed E-state index contributed by atoms with van der Waals surface area (Å²) >= 11 is 0.533. The van der Waals surface area contributed by atoms with Crippen molar-refractivity contribution in [1.82, 2.24) is 4.31 Å². The van der Waals surface area contributed by atoms with Crippen LogP contribution in [0.25, 0.3) is 21.2 Å². The largest absolute Gasteiger partial charge is 0.496 e. The van der Waals surface area contributed by atoms with E-state index in [1.165, 1.54) is 51.5 Å². The fourth-order valence-corrected chi connectivity index (χ4v) is 6.90. The summed E-state index contributed by atoms with van der Waals surface area (Å²) in [5.41, 5.74) is -2.77. The number of hydrogen-bond donors (Lipinski definition) is 2. The molecule has 4 aromatic carbocycles. The molecular weight excluding hydrogens is 715 g/mol. The van der Waals surface area contributed by atoms with Gasteiger partial charge in [0.2, 0.25) is 10.0 Å². The number of halogens is 7. The number of sulfonamides is 1. The smallest absolute Gasteiger partial charge is 0.419 e. The number of rotatable bonds is 8. The summed E-state index contributed by atoms with van der Waals surface area (Å²) in [4.78, 5) is 26.9. The van der Waals surface area contributed by atoms with Crippen LogP contribution in [0.15, 0.2) is 83.8 Å². The van der Waals surface area contributed by atoms with E-state index in [4.69, 9.17) is 4.74 Å². The number of carbonyl (C=O) groups excluding carboxylic acids is 2. The van der Waals surface area contributed by atoms with E-state index >= 15 is 0 Å². The van der Waals surface area contributed by atoms with Gasteiger partial charge in [0, 0.05) is 29.9 Å². The molecule has 0 aliphatic carbocycles. The highest BCUT2D eigenvalue weighted by Crippen LogP contribution is 2.41. The van der Waals surface area contributed by atoms with Gasteiger partial charge in [-0.15, -0.1) is 11.3 Å². The van der Waals surface area contributed by atoms with Crippen LogP contribution in [0.3, 0.4) is 0 Å². The van der Waals surface area contributed by atoms with Gasteiger partial charge in [-0.25, -0.2) is 17.1 Å². The van der Waals surface area contributed by atoms with E-state index in [2.05, 4.69) is 10.6 Å². The monoisotopic (exact) mass is 739 g/mol. The molecule has 0 spiro atoms. The molecule has 1 heterocycles. The van der Waals surface area contributed by atoms with Crippen LogP contribution >= 0.6 is 11.3 Å². The Kier molecular flexibility index (Phi) is 9.70. The van der Waals surface area contributed by atoms with Gasteiger partial charge in [0.05, 0.1) is 34.4 Å². The Morgan fingerprint density at radius 3 is 2.14 bits per heavy atom. The molecule has 0 aliphatic rings. The summed E-state index contributed by atoms with van der Waals surface area (Å²) in [7, 11) is 0.186. The lowest BCUT2D eigenvalue weighted by Gasteiger charge is -2.14. The minimum Gasteiger partial charge on any atom is -0.496 e. The third-order valence-electron chi connectivity index (χ3n) is 7.38. The van der Waals surface area contributed by atoms with Gasteiger partial charge >= 0.3 is 12.4 Å². The van der Waals surface area contributed by atoms with Crippen molar-refractivity contribution < 1.29 is 53.5 Å². The molecule has 0 bridgehead atoms. The molecule has 17 heteroatoms. The number of nitrogens with one attached hydrogen (secondary N) is 2. The summed E-state index contributed by atoms with van der Waals surface area (Å²) in [5, 5.41) is 4.73. The first-order chi connectivity index (χ1) is 23.3. The first-order valence-corrected chi connectivity index (χ1v) is 16.4. The standard InChI is InChI=1S/C33H24F7N3O5S2/c1-43(2)50(46,47)21-6-4-5-17(13-21)18-7-12-26(48-3)23(14-18)30(44)42-28-22-10-8-19(32(35,36)37)15-27(22)49-29(28)31(45)41-20-9-11-25(34)24(16-20)33(38,39)40/h4-16H,1-3H3,(H,41,45)(H,42,44). The van der Waals surface area contributed by atoms with Crippen LogP contribution in [0.1, 0.15) is 31.2 Å².